The van der Waals surface area contributed by atoms with Crippen LogP contribution in [0.5, 0.6) is 0 Å². The summed E-state index contributed by atoms with van der Waals surface area (Å²) in [6, 6.07) is 0. The van der Waals surface area contributed by atoms with Gasteiger partial charge in [-0.25, -0.2) is 0 Å². The molecule has 0 aromatic carbocycles. The van der Waals surface area contributed by atoms with Crippen molar-refractivity contribution in [3.8, 4) is 0 Å². The van der Waals surface area contributed by atoms with E-state index in [4.69, 9.17) is 0 Å². The molecule has 1 unspecified atom stereocenters. The van der Waals surface area contributed by atoms with Crippen LogP contribution in [0.1, 0.15) is 6.42 Å². The minimum absolute atomic E-state index is 0.409. The molecule has 13 heavy (non-hydrogen) atoms. The number of rotatable bonds is 2. The number of hydrogen-bond donors (Lipinski definition) is 0. The molecule has 72 valence electrons. The number of allylic oxidation sites excluding steroid dienone is 5. The van der Waals surface area contributed by atoms with Crippen molar-refractivity contribution >= 4 is 15.0 Å². The Hall–Kier alpha value is -0.471. The maximum atomic E-state index is 12.2. The van der Waals surface area contributed by atoms with Gasteiger partial charge in [0.2, 0.25) is 0 Å². The molecule has 0 aromatic rings. The van der Waals surface area contributed by atoms with Crippen molar-refractivity contribution < 1.29 is 13.2 Å². The van der Waals surface area contributed by atoms with Crippen molar-refractivity contribution in [1.29, 1.82) is 0 Å². The van der Waals surface area contributed by atoms with Gasteiger partial charge in [-0.05, 0) is 0 Å². The molecule has 0 fully saturated rings. The van der Waals surface area contributed by atoms with Crippen LogP contribution in [-0.2, 0) is 0 Å². The van der Waals surface area contributed by atoms with E-state index >= 15 is 0 Å². The fourth-order valence-electron chi connectivity index (χ4n) is 1.10. The fourth-order valence-corrected chi connectivity index (χ4v) is 2.86. The summed E-state index contributed by atoms with van der Waals surface area (Å²) < 4.78 is 35.7. The number of halogens is 3. The standard InChI is InChI=1S/C9H9F3Se/c1-2-8(13-9(10,11)12)6-4-3-5-7-8/h2-6H,1,7H2. The Labute approximate surface area is 81.4 Å². The Morgan fingerprint density at radius 2 is 2.08 bits per heavy atom. The molecular weight excluding hydrogens is 244 g/mol. The minimum atomic E-state index is -4.07. The topological polar surface area (TPSA) is 0 Å². The van der Waals surface area contributed by atoms with Crippen LogP contribution < -0.4 is 0 Å². The van der Waals surface area contributed by atoms with E-state index in [1.54, 1.807) is 24.3 Å². The molecule has 1 rings (SSSR count). The molecule has 0 spiro atoms. The number of hydrogen-bond acceptors (Lipinski definition) is 0. The maximum absolute atomic E-state index is 12.2. The summed E-state index contributed by atoms with van der Waals surface area (Å²) in [5.41, 5.74) is 0. The summed E-state index contributed by atoms with van der Waals surface area (Å²) >= 11 is -1.43. The third-order valence-electron chi connectivity index (χ3n) is 1.71. The van der Waals surface area contributed by atoms with Gasteiger partial charge in [-0.3, -0.25) is 0 Å². The van der Waals surface area contributed by atoms with Crippen molar-refractivity contribution in [2.24, 2.45) is 0 Å². The summed E-state index contributed by atoms with van der Waals surface area (Å²) in [6.07, 6.45) is 8.56. The molecule has 4 heteroatoms. The average Bonchev–Trinajstić information content (AvgIpc) is 2.03. The molecular formula is C9H9F3Se. The predicted octanol–water partition coefficient (Wildman–Crippen LogP) is 3.07. The molecule has 0 aromatic heterocycles. The van der Waals surface area contributed by atoms with Crippen LogP contribution in [0.4, 0.5) is 13.2 Å². The van der Waals surface area contributed by atoms with Gasteiger partial charge in [-0.1, -0.05) is 0 Å². The van der Waals surface area contributed by atoms with Gasteiger partial charge in [0, 0.05) is 0 Å². The number of alkyl halides is 3. The Morgan fingerprint density at radius 3 is 2.46 bits per heavy atom. The van der Waals surface area contributed by atoms with E-state index in [1.807, 2.05) is 0 Å². The normalized spacial score (nSPS) is 27.6. The van der Waals surface area contributed by atoms with Crippen molar-refractivity contribution in [1.82, 2.24) is 0 Å². The van der Waals surface area contributed by atoms with Crippen molar-refractivity contribution in [3.05, 3.63) is 37.0 Å². The van der Waals surface area contributed by atoms with E-state index in [1.165, 1.54) is 6.08 Å². The Balaban J connectivity index is 2.77. The molecule has 0 radical (unpaired) electrons. The molecule has 0 aliphatic heterocycles. The predicted molar refractivity (Wildman–Crippen MR) is 47.6 cm³/mol. The van der Waals surface area contributed by atoms with Crippen molar-refractivity contribution in [2.45, 2.75) is 15.8 Å². The molecule has 1 aliphatic rings. The van der Waals surface area contributed by atoms with E-state index in [9.17, 15) is 13.2 Å². The third kappa shape index (κ3) is 3.05. The van der Waals surface area contributed by atoms with Crippen LogP contribution in [0.15, 0.2) is 37.0 Å². The quantitative estimate of drug-likeness (QED) is 0.524. The zero-order valence-electron chi connectivity index (χ0n) is 6.84. The molecule has 1 atom stereocenters. The SMILES string of the molecule is C=CC1([Se]C(F)(F)F)C=CC=CC1. The Kier molecular flexibility index (Phi) is 3.04. The molecule has 0 amide bonds. The molecule has 0 heterocycles. The van der Waals surface area contributed by atoms with Gasteiger partial charge in [0.05, 0.1) is 0 Å². The fraction of sp³-hybridized carbons (Fsp3) is 0.333. The van der Waals surface area contributed by atoms with Gasteiger partial charge in [0.1, 0.15) is 0 Å². The van der Waals surface area contributed by atoms with Crippen LogP contribution in [0.3, 0.4) is 0 Å². The van der Waals surface area contributed by atoms with E-state index < -0.39 is 24.3 Å². The molecule has 0 saturated heterocycles. The Bertz CT molecular complexity index is 252. The zero-order chi connectivity index (χ0) is 9.95. The second kappa shape index (κ2) is 3.72. The summed E-state index contributed by atoms with van der Waals surface area (Å²) in [6.45, 7) is 3.47. The van der Waals surface area contributed by atoms with Crippen LogP contribution in [-0.4, -0.2) is 20.0 Å². The first-order valence-electron chi connectivity index (χ1n) is 3.72. The Morgan fingerprint density at radius 1 is 1.38 bits per heavy atom. The first kappa shape index (κ1) is 10.6. The summed E-state index contributed by atoms with van der Waals surface area (Å²) in [5.74, 6) is 0. The van der Waals surface area contributed by atoms with Crippen LogP contribution in [0.2, 0.25) is 4.31 Å². The van der Waals surface area contributed by atoms with E-state index in [-0.39, 0.29) is 0 Å². The van der Waals surface area contributed by atoms with Gasteiger partial charge in [0.15, 0.2) is 0 Å². The molecule has 0 nitrogen and oxygen atoms in total. The molecule has 0 N–H and O–H groups in total. The van der Waals surface area contributed by atoms with E-state index in [2.05, 4.69) is 6.58 Å². The summed E-state index contributed by atoms with van der Waals surface area (Å²) in [5, 5.41) is -4.07. The van der Waals surface area contributed by atoms with Crippen LogP contribution in [0.25, 0.3) is 0 Å². The van der Waals surface area contributed by atoms with Gasteiger partial charge >= 0.3 is 80.9 Å². The zero-order valence-corrected chi connectivity index (χ0v) is 8.56. The van der Waals surface area contributed by atoms with Gasteiger partial charge in [-0.15, -0.1) is 0 Å². The average molecular weight is 253 g/mol. The molecule has 0 bridgehead atoms. The van der Waals surface area contributed by atoms with Crippen LogP contribution in [0, 0.1) is 0 Å². The summed E-state index contributed by atoms with van der Waals surface area (Å²) in [4.78, 5) is 0. The van der Waals surface area contributed by atoms with Crippen molar-refractivity contribution in [2.75, 3.05) is 0 Å². The van der Waals surface area contributed by atoms with Gasteiger partial charge < -0.3 is 0 Å². The molecule has 0 saturated carbocycles. The first-order valence-corrected chi connectivity index (χ1v) is 5.44. The van der Waals surface area contributed by atoms with E-state index in [0.29, 0.717) is 6.42 Å². The third-order valence-corrected chi connectivity index (χ3v) is 3.98. The first-order chi connectivity index (χ1) is 5.97. The summed E-state index contributed by atoms with van der Waals surface area (Å²) in [7, 11) is 0. The van der Waals surface area contributed by atoms with Gasteiger partial charge in [-0.2, -0.15) is 0 Å². The van der Waals surface area contributed by atoms with E-state index in [0.717, 1.165) is 0 Å². The van der Waals surface area contributed by atoms with Gasteiger partial charge in [0.25, 0.3) is 0 Å². The van der Waals surface area contributed by atoms with Crippen molar-refractivity contribution in [3.63, 3.8) is 0 Å². The second-order valence-corrected chi connectivity index (χ2v) is 5.69. The molecule has 1 aliphatic carbocycles. The van der Waals surface area contributed by atoms with Crippen LogP contribution >= 0.6 is 0 Å². The monoisotopic (exact) mass is 254 g/mol. The second-order valence-electron chi connectivity index (χ2n) is 2.70.